The molecule has 1 atom stereocenters. The van der Waals surface area contributed by atoms with Crippen LogP contribution in [0.4, 0.5) is 10.7 Å². The van der Waals surface area contributed by atoms with Crippen molar-refractivity contribution in [2.45, 2.75) is 58.3 Å². The molecule has 0 saturated carbocycles. The maximum absolute atomic E-state index is 14.0. The molecular weight excluding hydrogens is 570 g/mol. The lowest BCUT2D eigenvalue weighted by Crippen LogP contribution is -2.49. The third-order valence-electron chi connectivity index (χ3n) is 7.27. The molecule has 11 heteroatoms. The normalized spacial score (nSPS) is 15.4. The molecule has 0 bridgehead atoms. The lowest BCUT2D eigenvalue weighted by Gasteiger charge is -2.34. The summed E-state index contributed by atoms with van der Waals surface area (Å²) in [6, 6.07) is 15.9. The first-order chi connectivity index (χ1) is 20.5. The van der Waals surface area contributed by atoms with E-state index in [1.54, 1.807) is 36.5 Å². The maximum Gasteiger partial charge on any atom is 0.407 e. The van der Waals surface area contributed by atoms with Gasteiger partial charge in [-0.25, -0.2) is 9.78 Å². The average Bonchev–Trinajstić information content (AvgIpc) is 3.33. The standard InChI is InChI=1S/C32H36ClN5O5/c1-32(2,3)43-31(41)34-23-11-8-15-37(19-23)30-35-26-14-16-36(20-27(39)21-10-7-12-24(17-21)42-4)29(40)28(26)38(30)18-22-9-5-6-13-25(22)33/h5-7,9-10,12-14,16-17,23H,8,11,15,18-20H2,1-4H3,(H,34,41). The molecule has 43 heavy (non-hydrogen) atoms. The molecule has 1 saturated heterocycles. The van der Waals surface area contributed by atoms with Gasteiger partial charge in [-0.3, -0.25) is 9.59 Å². The summed E-state index contributed by atoms with van der Waals surface area (Å²) in [5.41, 5.74) is 1.23. The van der Waals surface area contributed by atoms with Gasteiger partial charge < -0.3 is 28.8 Å². The molecule has 2 aromatic carbocycles. The molecule has 1 fully saturated rings. The molecule has 4 aromatic rings. The van der Waals surface area contributed by atoms with E-state index in [4.69, 9.17) is 26.1 Å². The van der Waals surface area contributed by atoms with E-state index >= 15 is 0 Å². The summed E-state index contributed by atoms with van der Waals surface area (Å²) in [4.78, 5) is 46.6. The van der Waals surface area contributed by atoms with Crippen LogP contribution in [0.5, 0.6) is 5.75 Å². The number of hydrogen-bond donors (Lipinski definition) is 1. The van der Waals surface area contributed by atoms with Crippen molar-refractivity contribution in [3.8, 4) is 5.75 Å². The van der Waals surface area contributed by atoms with Gasteiger partial charge in [-0.1, -0.05) is 41.9 Å². The number of piperidine rings is 1. The summed E-state index contributed by atoms with van der Waals surface area (Å²) < 4.78 is 14.0. The third kappa shape index (κ3) is 7.02. The van der Waals surface area contributed by atoms with E-state index in [0.717, 1.165) is 18.4 Å². The smallest absolute Gasteiger partial charge is 0.407 e. The van der Waals surface area contributed by atoms with E-state index in [9.17, 15) is 14.4 Å². The van der Waals surface area contributed by atoms with Crippen LogP contribution in [0.3, 0.4) is 0 Å². The first-order valence-corrected chi connectivity index (χ1v) is 14.6. The predicted molar refractivity (Wildman–Crippen MR) is 166 cm³/mol. The van der Waals surface area contributed by atoms with Gasteiger partial charge in [0.2, 0.25) is 5.95 Å². The fourth-order valence-corrected chi connectivity index (χ4v) is 5.47. The fourth-order valence-electron chi connectivity index (χ4n) is 5.27. The molecule has 1 amide bonds. The topological polar surface area (TPSA) is 108 Å². The van der Waals surface area contributed by atoms with Crippen molar-refractivity contribution < 1.29 is 19.1 Å². The van der Waals surface area contributed by atoms with Gasteiger partial charge in [0.15, 0.2) is 5.78 Å². The summed E-state index contributed by atoms with van der Waals surface area (Å²) in [5.74, 6) is 0.946. The summed E-state index contributed by atoms with van der Waals surface area (Å²) in [6.07, 6.45) is 2.74. The predicted octanol–water partition coefficient (Wildman–Crippen LogP) is 5.28. The van der Waals surface area contributed by atoms with Crippen molar-refractivity contribution in [2.75, 3.05) is 25.1 Å². The minimum Gasteiger partial charge on any atom is -0.497 e. The molecule has 1 unspecified atom stereocenters. The van der Waals surface area contributed by atoms with Crippen LogP contribution in [-0.2, 0) is 17.8 Å². The summed E-state index contributed by atoms with van der Waals surface area (Å²) in [6.45, 7) is 6.83. The molecule has 0 radical (unpaired) electrons. The highest BCUT2D eigenvalue weighted by atomic mass is 35.5. The Kier molecular flexibility index (Phi) is 8.77. The van der Waals surface area contributed by atoms with Gasteiger partial charge in [-0.2, -0.15) is 0 Å². The van der Waals surface area contributed by atoms with Crippen molar-refractivity contribution in [2.24, 2.45) is 0 Å². The Balaban J connectivity index is 1.51. The Morgan fingerprint density at radius 3 is 2.65 bits per heavy atom. The number of nitrogens with zero attached hydrogens (tertiary/aromatic N) is 4. The molecule has 1 N–H and O–H groups in total. The summed E-state index contributed by atoms with van der Waals surface area (Å²) >= 11 is 6.55. The zero-order chi connectivity index (χ0) is 30.7. The van der Waals surface area contributed by atoms with Crippen molar-refractivity contribution >= 4 is 40.5 Å². The number of rotatable bonds is 8. The maximum atomic E-state index is 14.0. The number of hydrogen-bond acceptors (Lipinski definition) is 7. The van der Waals surface area contributed by atoms with Gasteiger partial charge >= 0.3 is 6.09 Å². The number of benzene rings is 2. The lowest BCUT2D eigenvalue weighted by atomic mass is 10.1. The number of ether oxygens (including phenoxy) is 2. The highest BCUT2D eigenvalue weighted by Crippen LogP contribution is 2.27. The van der Waals surface area contributed by atoms with E-state index in [0.29, 0.717) is 53.0 Å². The van der Waals surface area contributed by atoms with Crippen LogP contribution in [0.25, 0.3) is 11.0 Å². The monoisotopic (exact) mass is 605 g/mol. The number of Topliss-reactive ketones (excluding diaryl/α,β-unsaturated/α-hetero) is 1. The Morgan fingerprint density at radius 1 is 1.12 bits per heavy atom. The summed E-state index contributed by atoms with van der Waals surface area (Å²) in [5, 5.41) is 3.55. The highest BCUT2D eigenvalue weighted by Gasteiger charge is 2.28. The number of halogens is 1. The third-order valence-corrected chi connectivity index (χ3v) is 7.64. The van der Waals surface area contributed by atoms with Crippen molar-refractivity contribution in [3.63, 3.8) is 0 Å². The highest BCUT2D eigenvalue weighted by molar-refractivity contribution is 6.31. The number of methoxy groups -OCH3 is 1. The quantitative estimate of drug-likeness (QED) is 0.272. The van der Waals surface area contributed by atoms with Crippen LogP contribution < -0.4 is 20.5 Å². The number of carbonyl (C=O) groups excluding carboxylic acids is 2. The minimum absolute atomic E-state index is 0.139. The van der Waals surface area contributed by atoms with Gasteiger partial charge in [0, 0.05) is 35.9 Å². The van der Waals surface area contributed by atoms with Crippen LogP contribution in [0.1, 0.15) is 49.5 Å². The second-order valence-electron chi connectivity index (χ2n) is 11.7. The zero-order valence-corrected chi connectivity index (χ0v) is 25.6. The number of aromatic nitrogens is 3. The summed E-state index contributed by atoms with van der Waals surface area (Å²) in [7, 11) is 1.54. The van der Waals surface area contributed by atoms with Crippen LogP contribution in [-0.4, -0.2) is 57.8 Å². The number of amides is 1. The molecule has 10 nitrogen and oxygen atoms in total. The molecule has 0 aliphatic carbocycles. The molecule has 1 aliphatic rings. The van der Waals surface area contributed by atoms with E-state index in [-0.39, 0.29) is 23.9 Å². The second kappa shape index (κ2) is 12.5. The number of ketones is 1. The van der Waals surface area contributed by atoms with E-state index in [1.807, 2.05) is 49.6 Å². The number of pyridine rings is 1. The molecule has 5 rings (SSSR count). The average molecular weight is 606 g/mol. The minimum atomic E-state index is -0.602. The van der Waals surface area contributed by atoms with Crippen molar-refractivity contribution in [1.29, 1.82) is 0 Å². The number of anilines is 1. The fraction of sp³-hybridized carbons (Fsp3) is 0.375. The Labute approximate surface area is 255 Å². The van der Waals surface area contributed by atoms with Gasteiger partial charge in [0.1, 0.15) is 16.9 Å². The van der Waals surface area contributed by atoms with Gasteiger partial charge in [-0.05, 0) is 63.4 Å². The number of carbonyl (C=O) groups is 2. The van der Waals surface area contributed by atoms with Crippen molar-refractivity contribution in [1.82, 2.24) is 19.4 Å². The van der Waals surface area contributed by atoms with E-state index < -0.39 is 11.7 Å². The van der Waals surface area contributed by atoms with Crippen LogP contribution in [0, 0.1) is 0 Å². The number of nitrogens with one attached hydrogen (secondary N) is 1. The molecule has 226 valence electrons. The Morgan fingerprint density at radius 2 is 1.91 bits per heavy atom. The number of fused-ring (bicyclic) bond motifs is 1. The van der Waals surface area contributed by atoms with Gasteiger partial charge in [-0.15, -0.1) is 0 Å². The van der Waals surface area contributed by atoms with Crippen LogP contribution in [0.15, 0.2) is 65.6 Å². The second-order valence-corrected chi connectivity index (χ2v) is 12.1. The van der Waals surface area contributed by atoms with Crippen LogP contribution in [0.2, 0.25) is 5.02 Å². The molecular formula is C32H36ClN5O5. The SMILES string of the molecule is COc1cccc(C(=O)Cn2ccc3nc(N4CCCC(NC(=O)OC(C)(C)C)C4)n(Cc4ccccc4Cl)c3c2=O)c1. The van der Waals surface area contributed by atoms with E-state index in [2.05, 4.69) is 10.2 Å². The lowest BCUT2D eigenvalue weighted by molar-refractivity contribution is 0.0499. The molecule has 2 aromatic heterocycles. The van der Waals surface area contributed by atoms with Crippen molar-refractivity contribution in [3.05, 3.63) is 87.3 Å². The van der Waals surface area contributed by atoms with Crippen LogP contribution >= 0.6 is 11.6 Å². The Hall–Kier alpha value is -4.31. The zero-order valence-electron chi connectivity index (χ0n) is 24.8. The van der Waals surface area contributed by atoms with Gasteiger partial charge in [0.05, 0.1) is 25.7 Å². The largest absolute Gasteiger partial charge is 0.497 e. The molecule has 3 heterocycles. The molecule has 1 aliphatic heterocycles. The van der Waals surface area contributed by atoms with E-state index in [1.165, 1.54) is 11.7 Å². The molecule has 0 spiro atoms. The first-order valence-electron chi connectivity index (χ1n) is 14.3. The van der Waals surface area contributed by atoms with Gasteiger partial charge in [0.25, 0.3) is 5.56 Å². The number of imidazole rings is 1. The Bertz CT molecular complexity index is 1710. The first kappa shape index (κ1) is 30.2. The number of alkyl carbamates (subject to hydrolysis) is 1.